The molecule has 20 heavy (non-hydrogen) atoms. The monoisotopic (exact) mass is 278 g/mol. The fourth-order valence-corrected chi connectivity index (χ4v) is 1.59. The molecule has 0 saturated heterocycles. The molecule has 0 radical (unpaired) electrons. The molecule has 2 rings (SSSR count). The van der Waals surface area contributed by atoms with Gasteiger partial charge in [0.05, 0.1) is 16.8 Å². The third kappa shape index (κ3) is 2.83. The first-order chi connectivity index (χ1) is 9.41. The van der Waals surface area contributed by atoms with E-state index in [1.807, 2.05) is 6.07 Å². The van der Waals surface area contributed by atoms with Crippen molar-refractivity contribution in [2.24, 2.45) is 0 Å². The minimum absolute atomic E-state index is 0.00150. The molecule has 102 valence electrons. The van der Waals surface area contributed by atoms with Crippen LogP contribution in [-0.2, 0) is 6.18 Å². The lowest BCUT2D eigenvalue weighted by atomic mass is 10.2. The summed E-state index contributed by atoms with van der Waals surface area (Å²) in [6.45, 7) is 0. The Hall–Kier alpha value is -2.68. The molecule has 2 N–H and O–H groups in total. The maximum atomic E-state index is 12.6. The summed E-state index contributed by atoms with van der Waals surface area (Å²) in [6.07, 6.45) is -4.45. The quantitative estimate of drug-likeness (QED) is 0.846. The third-order valence-corrected chi connectivity index (χ3v) is 2.58. The standard InChI is InChI=1S/C14H9F3N2O/c15-14(16,17)10-4-2-5-11(7-10)20-12-6-1-3-9(8-18)13(12)19/h1-7H,19H2. The van der Waals surface area contributed by atoms with Crippen molar-refractivity contribution in [1.82, 2.24) is 0 Å². The molecule has 0 aliphatic carbocycles. The van der Waals surface area contributed by atoms with Crippen molar-refractivity contribution in [3.05, 3.63) is 53.6 Å². The van der Waals surface area contributed by atoms with Gasteiger partial charge in [-0.15, -0.1) is 0 Å². The predicted octanol–water partition coefficient (Wildman–Crippen LogP) is 3.95. The Morgan fingerprint density at radius 3 is 2.45 bits per heavy atom. The molecule has 0 fully saturated rings. The summed E-state index contributed by atoms with van der Waals surface area (Å²) in [7, 11) is 0. The minimum atomic E-state index is -4.45. The van der Waals surface area contributed by atoms with Gasteiger partial charge in [-0.05, 0) is 30.3 Å². The molecule has 0 heterocycles. The van der Waals surface area contributed by atoms with Crippen molar-refractivity contribution >= 4 is 5.69 Å². The zero-order valence-electron chi connectivity index (χ0n) is 10.1. The molecule has 6 heteroatoms. The van der Waals surface area contributed by atoms with Crippen LogP contribution in [-0.4, -0.2) is 0 Å². The van der Waals surface area contributed by atoms with E-state index in [-0.39, 0.29) is 22.7 Å². The summed E-state index contributed by atoms with van der Waals surface area (Å²) < 4.78 is 43.1. The molecule has 0 aliphatic heterocycles. The number of nitrogens with zero attached hydrogens (tertiary/aromatic N) is 1. The van der Waals surface area contributed by atoms with Gasteiger partial charge in [0.2, 0.25) is 0 Å². The van der Waals surface area contributed by atoms with Crippen molar-refractivity contribution < 1.29 is 17.9 Å². The second kappa shape index (κ2) is 5.13. The first-order valence-corrected chi connectivity index (χ1v) is 5.55. The predicted molar refractivity (Wildman–Crippen MR) is 67.1 cm³/mol. The van der Waals surface area contributed by atoms with E-state index in [2.05, 4.69) is 0 Å². The smallest absolute Gasteiger partial charge is 0.416 e. The van der Waals surface area contributed by atoms with Crippen LogP contribution in [0.25, 0.3) is 0 Å². The first kappa shape index (κ1) is 13.7. The Labute approximate surface area is 113 Å². The maximum absolute atomic E-state index is 12.6. The number of benzene rings is 2. The highest BCUT2D eigenvalue weighted by Gasteiger charge is 2.30. The van der Waals surface area contributed by atoms with E-state index >= 15 is 0 Å². The molecule has 0 atom stereocenters. The molecule has 0 saturated carbocycles. The van der Waals surface area contributed by atoms with Crippen LogP contribution in [0.2, 0.25) is 0 Å². The van der Waals surface area contributed by atoms with Crippen LogP contribution in [0.1, 0.15) is 11.1 Å². The lowest BCUT2D eigenvalue weighted by Crippen LogP contribution is -2.04. The molecule has 0 amide bonds. The topological polar surface area (TPSA) is 59.0 Å². The lowest BCUT2D eigenvalue weighted by molar-refractivity contribution is -0.137. The van der Waals surface area contributed by atoms with Crippen LogP contribution in [0, 0.1) is 11.3 Å². The van der Waals surface area contributed by atoms with E-state index in [1.54, 1.807) is 0 Å². The fourth-order valence-electron chi connectivity index (χ4n) is 1.59. The Bertz CT molecular complexity index is 675. The molecule has 0 aliphatic rings. The van der Waals surface area contributed by atoms with E-state index in [0.29, 0.717) is 0 Å². The van der Waals surface area contributed by atoms with Crippen molar-refractivity contribution in [3.8, 4) is 17.6 Å². The van der Waals surface area contributed by atoms with Gasteiger partial charge in [0.1, 0.15) is 11.8 Å². The highest BCUT2D eigenvalue weighted by atomic mass is 19.4. The summed E-state index contributed by atoms with van der Waals surface area (Å²) in [5.41, 5.74) is 5.17. The average molecular weight is 278 g/mol. The van der Waals surface area contributed by atoms with Gasteiger partial charge in [-0.3, -0.25) is 0 Å². The van der Waals surface area contributed by atoms with Gasteiger partial charge in [0, 0.05) is 0 Å². The Kier molecular flexibility index (Phi) is 3.53. The zero-order chi connectivity index (χ0) is 14.8. The number of rotatable bonds is 2. The molecular formula is C14H9F3N2O. The summed E-state index contributed by atoms with van der Waals surface area (Å²) >= 11 is 0. The van der Waals surface area contributed by atoms with Gasteiger partial charge >= 0.3 is 6.18 Å². The minimum Gasteiger partial charge on any atom is -0.455 e. The molecule has 3 nitrogen and oxygen atoms in total. The molecule has 2 aromatic rings. The van der Waals surface area contributed by atoms with Gasteiger partial charge in [-0.1, -0.05) is 12.1 Å². The van der Waals surface area contributed by atoms with Crippen LogP contribution >= 0.6 is 0 Å². The highest BCUT2D eigenvalue weighted by molar-refractivity contribution is 5.63. The second-order valence-electron chi connectivity index (χ2n) is 3.96. The van der Waals surface area contributed by atoms with Gasteiger partial charge in [0.25, 0.3) is 0 Å². The highest BCUT2D eigenvalue weighted by Crippen LogP contribution is 2.34. The zero-order valence-corrected chi connectivity index (χ0v) is 10.1. The van der Waals surface area contributed by atoms with E-state index < -0.39 is 11.7 Å². The first-order valence-electron chi connectivity index (χ1n) is 5.55. The number of halogens is 3. The van der Waals surface area contributed by atoms with Crippen LogP contribution in [0.5, 0.6) is 11.5 Å². The number of nitriles is 1. The van der Waals surface area contributed by atoms with E-state index in [0.717, 1.165) is 12.1 Å². The Morgan fingerprint density at radius 1 is 1.10 bits per heavy atom. The number of hydrogen-bond donors (Lipinski definition) is 1. The van der Waals surface area contributed by atoms with Gasteiger partial charge in [0.15, 0.2) is 5.75 Å². The van der Waals surface area contributed by atoms with Crippen molar-refractivity contribution in [2.75, 3.05) is 5.73 Å². The summed E-state index contributed by atoms with van der Waals surface area (Å²) in [4.78, 5) is 0. The number of alkyl halides is 3. The molecule has 2 aromatic carbocycles. The third-order valence-electron chi connectivity index (χ3n) is 2.58. The molecule has 0 aromatic heterocycles. The summed E-state index contributed by atoms with van der Waals surface area (Å²) in [5.74, 6) is 0.144. The van der Waals surface area contributed by atoms with Crippen molar-refractivity contribution in [3.63, 3.8) is 0 Å². The molecule has 0 bridgehead atoms. The number of anilines is 1. The number of nitrogens with two attached hydrogens (primary N) is 1. The molecular weight excluding hydrogens is 269 g/mol. The van der Waals surface area contributed by atoms with Gasteiger partial charge in [-0.2, -0.15) is 18.4 Å². The van der Waals surface area contributed by atoms with Crippen LogP contribution in [0.15, 0.2) is 42.5 Å². The largest absolute Gasteiger partial charge is 0.455 e. The van der Waals surface area contributed by atoms with Crippen LogP contribution in [0.4, 0.5) is 18.9 Å². The number of hydrogen-bond acceptors (Lipinski definition) is 3. The van der Waals surface area contributed by atoms with E-state index in [9.17, 15) is 13.2 Å². The number of para-hydroxylation sites is 1. The van der Waals surface area contributed by atoms with Gasteiger partial charge in [-0.25, -0.2) is 0 Å². The summed E-state index contributed by atoms with van der Waals surface area (Å²) in [6, 6.07) is 10.8. The van der Waals surface area contributed by atoms with Crippen LogP contribution in [0.3, 0.4) is 0 Å². The fraction of sp³-hybridized carbons (Fsp3) is 0.0714. The lowest BCUT2D eigenvalue weighted by Gasteiger charge is -2.11. The Morgan fingerprint density at radius 2 is 1.80 bits per heavy atom. The Balaban J connectivity index is 2.34. The van der Waals surface area contributed by atoms with E-state index in [4.69, 9.17) is 15.7 Å². The SMILES string of the molecule is N#Cc1cccc(Oc2cccc(C(F)(F)F)c2)c1N. The van der Waals surface area contributed by atoms with E-state index in [1.165, 1.54) is 30.3 Å². The maximum Gasteiger partial charge on any atom is 0.416 e. The normalized spacial score (nSPS) is 10.9. The number of nitrogen functional groups attached to an aromatic ring is 1. The van der Waals surface area contributed by atoms with Crippen molar-refractivity contribution in [2.45, 2.75) is 6.18 Å². The summed E-state index contributed by atoms with van der Waals surface area (Å²) in [5, 5.41) is 8.83. The number of ether oxygens (including phenoxy) is 1. The van der Waals surface area contributed by atoms with Gasteiger partial charge < -0.3 is 10.5 Å². The van der Waals surface area contributed by atoms with Crippen LogP contribution < -0.4 is 10.5 Å². The molecule has 0 unspecified atom stereocenters. The van der Waals surface area contributed by atoms with Crippen molar-refractivity contribution in [1.29, 1.82) is 5.26 Å². The average Bonchev–Trinajstić information content (AvgIpc) is 2.40. The second-order valence-corrected chi connectivity index (χ2v) is 3.96. The molecule has 0 spiro atoms.